The number of fused-ring (bicyclic) bond motifs is 1. The molecule has 4 nitrogen and oxygen atoms in total. The van der Waals surface area contributed by atoms with Gasteiger partial charge in [0.05, 0.1) is 16.7 Å². The molecule has 1 aliphatic rings. The molecule has 3 rings (SSSR count). The maximum atomic E-state index is 6.09. The molecule has 0 atom stereocenters. The monoisotopic (exact) mass is 244 g/mol. The van der Waals surface area contributed by atoms with Crippen LogP contribution >= 0.6 is 0 Å². The molecular formula is C14H20N4. The highest BCUT2D eigenvalue weighted by Gasteiger charge is 2.37. The summed E-state index contributed by atoms with van der Waals surface area (Å²) in [7, 11) is 2.07. The second kappa shape index (κ2) is 4.05. The van der Waals surface area contributed by atoms with Crippen molar-refractivity contribution in [2.24, 2.45) is 12.8 Å². The summed E-state index contributed by atoms with van der Waals surface area (Å²) in [4.78, 5) is 8.81. The van der Waals surface area contributed by atoms with Crippen molar-refractivity contribution < 1.29 is 0 Å². The van der Waals surface area contributed by atoms with Gasteiger partial charge in [-0.3, -0.25) is 0 Å². The number of aryl methyl sites for hydroxylation is 2. The van der Waals surface area contributed by atoms with Crippen molar-refractivity contribution >= 4 is 11.0 Å². The highest BCUT2D eigenvalue weighted by Crippen LogP contribution is 2.43. The van der Waals surface area contributed by atoms with E-state index in [0.29, 0.717) is 0 Å². The van der Waals surface area contributed by atoms with Gasteiger partial charge < -0.3 is 10.3 Å². The summed E-state index contributed by atoms with van der Waals surface area (Å²) in [5, 5.41) is 0. The summed E-state index contributed by atoms with van der Waals surface area (Å²) in [5.74, 6) is 0. The fourth-order valence-corrected chi connectivity index (χ4v) is 3.43. The Balaban J connectivity index is 2.27. The second-order valence-corrected chi connectivity index (χ2v) is 5.50. The number of hydrogen-bond acceptors (Lipinski definition) is 3. The Morgan fingerprint density at radius 1 is 1.33 bits per heavy atom. The Kier molecular flexibility index (Phi) is 2.63. The van der Waals surface area contributed by atoms with Crippen LogP contribution < -0.4 is 5.73 Å². The molecule has 2 aromatic heterocycles. The first kappa shape index (κ1) is 11.7. The van der Waals surface area contributed by atoms with Gasteiger partial charge in [-0.15, -0.1) is 0 Å². The smallest absolute Gasteiger partial charge is 0.116 e. The highest BCUT2D eigenvalue weighted by molar-refractivity contribution is 5.82. The number of nitrogens with two attached hydrogens (primary N) is 1. The van der Waals surface area contributed by atoms with Crippen LogP contribution in [0, 0.1) is 6.92 Å². The fraction of sp³-hybridized carbons (Fsp3) is 0.571. The lowest BCUT2D eigenvalue weighted by molar-refractivity contribution is 0.455. The molecule has 0 amide bonds. The van der Waals surface area contributed by atoms with E-state index in [2.05, 4.69) is 27.8 Å². The van der Waals surface area contributed by atoms with Gasteiger partial charge in [0.1, 0.15) is 6.33 Å². The van der Waals surface area contributed by atoms with Gasteiger partial charge in [0.15, 0.2) is 0 Å². The molecule has 1 aliphatic carbocycles. The van der Waals surface area contributed by atoms with E-state index in [-0.39, 0.29) is 5.41 Å². The Morgan fingerprint density at radius 3 is 2.72 bits per heavy atom. The van der Waals surface area contributed by atoms with Gasteiger partial charge in [0.2, 0.25) is 0 Å². The van der Waals surface area contributed by atoms with Gasteiger partial charge >= 0.3 is 0 Å². The zero-order valence-corrected chi connectivity index (χ0v) is 11.1. The topological polar surface area (TPSA) is 56.7 Å². The third-order valence-electron chi connectivity index (χ3n) is 4.46. The van der Waals surface area contributed by atoms with E-state index < -0.39 is 0 Å². The van der Waals surface area contributed by atoms with Gasteiger partial charge in [-0.25, -0.2) is 9.97 Å². The molecule has 0 bridgehead atoms. The van der Waals surface area contributed by atoms with Gasteiger partial charge in [0, 0.05) is 30.8 Å². The number of aromatic nitrogens is 3. The van der Waals surface area contributed by atoms with Crippen molar-refractivity contribution in [3.63, 3.8) is 0 Å². The summed E-state index contributed by atoms with van der Waals surface area (Å²) in [5.41, 5.74) is 10.8. The van der Waals surface area contributed by atoms with Crippen LogP contribution in [0.4, 0.5) is 0 Å². The van der Waals surface area contributed by atoms with Crippen molar-refractivity contribution in [2.45, 2.75) is 38.0 Å². The maximum Gasteiger partial charge on any atom is 0.116 e. The van der Waals surface area contributed by atoms with Crippen LogP contribution in [0.1, 0.15) is 36.9 Å². The quantitative estimate of drug-likeness (QED) is 0.879. The average Bonchev–Trinajstić information content (AvgIpc) is 2.96. The average molecular weight is 244 g/mol. The van der Waals surface area contributed by atoms with Gasteiger partial charge in [-0.2, -0.15) is 0 Å². The van der Waals surface area contributed by atoms with E-state index in [4.69, 9.17) is 5.73 Å². The van der Waals surface area contributed by atoms with E-state index >= 15 is 0 Å². The predicted molar refractivity (Wildman–Crippen MR) is 72.4 cm³/mol. The minimum Gasteiger partial charge on any atom is -0.347 e. The largest absolute Gasteiger partial charge is 0.347 e. The summed E-state index contributed by atoms with van der Waals surface area (Å²) < 4.78 is 2.15. The second-order valence-electron chi connectivity index (χ2n) is 5.50. The molecule has 1 fully saturated rings. The Hall–Kier alpha value is -1.42. The van der Waals surface area contributed by atoms with E-state index in [1.54, 1.807) is 6.33 Å². The SMILES string of the molecule is Cc1ncnc2c(C3(CN)CCCC3)cn(C)c12. The molecule has 0 aliphatic heterocycles. The molecule has 2 heterocycles. The van der Waals surface area contributed by atoms with Crippen molar-refractivity contribution in [1.82, 2.24) is 14.5 Å². The lowest BCUT2D eigenvalue weighted by atomic mass is 9.80. The minimum atomic E-state index is 0.139. The van der Waals surface area contributed by atoms with Gasteiger partial charge in [0.25, 0.3) is 0 Å². The third kappa shape index (κ3) is 1.48. The van der Waals surface area contributed by atoms with E-state index in [0.717, 1.165) is 23.3 Å². The van der Waals surface area contributed by atoms with E-state index in [9.17, 15) is 0 Å². The molecule has 0 spiro atoms. The highest BCUT2D eigenvalue weighted by atomic mass is 15.0. The normalized spacial score (nSPS) is 18.6. The molecule has 18 heavy (non-hydrogen) atoms. The first-order valence-corrected chi connectivity index (χ1v) is 6.65. The molecular weight excluding hydrogens is 224 g/mol. The molecule has 0 saturated heterocycles. The maximum absolute atomic E-state index is 6.09. The van der Waals surface area contributed by atoms with Gasteiger partial charge in [-0.05, 0) is 19.8 Å². The molecule has 0 unspecified atom stereocenters. The first-order chi connectivity index (χ1) is 8.68. The Morgan fingerprint density at radius 2 is 2.06 bits per heavy atom. The van der Waals surface area contributed by atoms with Crippen LogP contribution in [-0.2, 0) is 12.5 Å². The Labute approximate surface area is 107 Å². The zero-order chi connectivity index (χ0) is 12.8. The molecule has 1 saturated carbocycles. The molecule has 96 valence electrons. The fourth-order valence-electron chi connectivity index (χ4n) is 3.43. The minimum absolute atomic E-state index is 0.139. The summed E-state index contributed by atoms with van der Waals surface area (Å²) >= 11 is 0. The lowest BCUT2D eigenvalue weighted by Gasteiger charge is -2.26. The Bertz CT molecular complexity index is 579. The summed E-state index contributed by atoms with van der Waals surface area (Å²) in [6.45, 7) is 2.76. The summed E-state index contributed by atoms with van der Waals surface area (Å²) in [6.07, 6.45) is 8.80. The van der Waals surface area contributed by atoms with Crippen LogP contribution in [0.3, 0.4) is 0 Å². The number of hydrogen-bond donors (Lipinski definition) is 1. The molecule has 2 aromatic rings. The van der Waals surface area contributed by atoms with Crippen LogP contribution in [0.25, 0.3) is 11.0 Å². The van der Waals surface area contributed by atoms with E-state index in [1.165, 1.54) is 31.2 Å². The van der Waals surface area contributed by atoms with Crippen molar-refractivity contribution in [1.29, 1.82) is 0 Å². The van der Waals surface area contributed by atoms with Crippen LogP contribution in [0.5, 0.6) is 0 Å². The zero-order valence-electron chi connectivity index (χ0n) is 11.1. The first-order valence-electron chi connectivity index (χ1n) is 6.65. The van der Waals surface area contributed by atoms with Crippen molar-refractivity contribution in [2.75, 3.05) is 6.54 Å². The van der Waals surface area contributed by atoms with Crippen LogP contribution in [0.15, 0.2) is 12.5 Å². The van der Waals surface area contributed by atoms with Crippen molar-refractivity contribution in [3.8, 4) is 0 Å². The lowest BCUT2D eigenvalue weighted by Crippen LogP contribution is -2.31. The van der Waals surface area contributed by atoms with Crippen LogP contribution in [-0.4, -0.2) is 21.1 Å². The predicted octanol–water partition coefficient (Wildman–Crippen LogP) is 2.05. The number of rotatable bonds is 2. The summed E-state index contributed by atoms with van der Waals surface area (Å²) in [6, 6.07) is 0. The van der Waals surface area contributed by atoms with Crippen LogP contribution in [0.2, 0.25) is 0 Å². The number of nitrogens with zero attached hydrogens (tertiary/aromatic N) is 3. The van der Waals surface area contributed by atoms with Crippen molar-refractivity contribution in [3.05, 3.63) is 23.8 Å². The van der Waals surface area contributed by atoms with E-state index in [1.807, 2.05) is 6.92 Å². The molecule has 0 aromatic carbocycles. The standard InChI is InChI=1S/C14H20N4/c1-10-13-12(17-9-16-10)11(7-18(13)2)14(8-15)5-3-4-6-14/h7,9H,3-6,8,15H2,1-2H3. The van der Waals surface area contributed by atoms with Gasteiger partial charge in [-0.1, -0.05) is 12.8 Å². The molecule has 0 radical (unpaired) electrons. The third-order valence-corrected chi connectivity index (χ3v) is 4.46. The molecule has 4 heteroatoms. The molecule has 2 N–H and O–H groups in total.